The summed E-state index contributed by atoms with van der Waals surface area (Å²) >= 11 is 3.19. The molecular formula is C13H12BrF3O2. The number of benzene rings is 1. The number of rotatable bonds is 2. The van der Waals surface area contributed by atoms with Crippen molar-refractivity contribution in [3.63, 3.8) is 0 Å². The Bertz CT molecular complexity index is 533. The monoisotopic (exact) mass is 336 g/mol. The van der Waals surface area contributed by atoms with Crippen molar-refractivity contribution in [3.05, 3.63) is 39.4 Å². The molecule has 0 saturated heterocycles. The zero-order valence-electron chi connectivity index (χ0n) is 10.6. The Kier molecular flexibility index (Phi) is 4.79. The molecule has 0 radical (unpaired) electrons. The minimum atomic E-state index is -4.63. The number of ether oxygens (including phenoxy) is 1. The molecule has 0 aliphatic rings. The molecule has 1 rings (SSSR count). The van der Waals surface area contributed by atoms with E-state index in [1.54, 1.807) is 13.0 Å². The van der Waals surface area contributed by atoms with Gasteiger partial charge in [0.15, 0.2) is 0 Å². The van der Waals surface area contributed by atoms with Gasteiger partial charge in [-0.1, -0.05) is 22.0 Å². The van der Waals surface area contributed by atoms with Crippen molar-refractivity contribution in [1.29, 1.82) is 0 Å². The largest absolute Gasteiger partial charge is 0.466 e. The van der Waals surface area contributed by atoms with E-state index in [1.165, 1.54) is 12.1 Å². The Balaban J connectivity index is 3.55. The molecule has 0 saturated carbocycles. The molecule has 0 N–H and O–H groups in total. The van der Waals surface area contributed by atoms with E-state index >= 15 is 0 Å². The second-order valence-corrected chi connectivity index (χ2v) is 4.86. The van der Waals surface area contributed by atoms with Crippen LogP contribution in [0.25, 0.3) is 5.57 Å². The summed E-state index contributed by atoms with van der Waals surface area (Å²) in [7, 11) is 1.05. The first-order chi connectivity index (χ1) is 8.68. The van der Waals surface area contributed by atoms with E-state index in [1.807, 2.05) is 0 Å². The van der Waals surface area contributed by atoms with Crippen LogP contribution in [0.15, 0.2) is 28.2 Å². The smallest absolute Gasteiger partial charge is 0.417 e. The van der Waals surface area contributed by atoms with Gasteiger partial charge in [0.2, 0.25) is 0 Å². The molecule has 2 nitrogen and oxygen atoms in total. The average Bonchev–Trinajstić information content (AvgIpc) is 2.29. The molecule has 0 aliphatic heterocycles. The molecule has 6 heteroatoms. The molecule has 0 fully saturated rings. The minimum absolute atomic E-state index is 0.0291. The van der Waals surface area contributed by atoms with Gasteiger partial charge >= 0.3 is 12.1 Å². The standard InChI is InChI=1S/C13H12BrF3O2/c1-7-6-9(14)4-5-10(7)11(13(15,16)17)8(2)12(18)19-3/h4-6H,1-3H3/b11-8-. The third-order valence-corrected chi connectivity index (χ3v) is 3.10. The maximum absolute atomic E-state index is 13.2. The highest BCUT2D eigenvalue weighted by Gasteiger charge is 2.38. The number of hydrogen-bond acceptors (Lipinski definition) is 2. The second-order valence-electron chi connectivity index (χ2n) is 3.95. The van der Waals surface area contributed by atoms with Crippen LogP contribution < -0.4 is 0 Å². The molecule has 104 valence electrons. The predicted octanol–water partition coefficient (Wildman–Crippen LogP) is 4.27. The number of hydrogen-bond donors (Lipinski definition) is 0. The van der Waals surface area contributed by atoms with E-state index in [9.17, 15) is 18.0 Å². The lowest BCUT2D eigenvalue weighted by atomic mass is 9.96. The van der Waals surface area contributed by atoms with Gasteiger partial charge in [0.1, 0.15) is 0 Å². The first-order valence-corrected chi connectivity index (χ1v) is 6.10. The summed E-state index contributed by atoms with van der Waals surface area (Å²) in [6.45, 7) is 2.66. The SMILES string of the molecule is COC(=O)/C(C)=C(/c1ccc(Br)cc1C)C(F)(F)F. The van der Waals surface area contributed by atoms with Crippen molar-refractivity contribution in [3.8, 4) is 0 Å². The van der Waals surface area contributed by atoms with Crippen LogP contribution in [0.2, 0.25) is 0 Å². The van der Waals surface area contributed by atoms with Gasteiger partial charge in [-0.2, -0.15) is 13.2 Å². The maximum Gasteiger partial charge on any atom is 0.417 e. The van der Waals surface area contributed by atoms with Crippen molar-refractivity contribution >= 4 is 27.5 Å². The molecule has 0 aromatic heterocycles. The maximum atomic E-state index is 13.2. The highest BCUT2D eigenvalue weighted by atomic mass is 79.9. The van der Waals surface area contributed by atoms with Crippen molar-refractivity contribution in [2.75, 3.05) is 7.11 Å². The Hall–Kier alpha value is -1.30. The van der Waals surface area contributed by atoms with Crippen LogP contribution in [0.5, 0.6) is 0 Å². The van der Waals surface area contributed by atoms with Crippen LogP contribution in [-0.2, 0) is 9.53 Å². The average molecular weight is 337 g/mol. The first-order valence-electron chi connectivity index (χ1n) is 5.31. The Morgan fingerprint density at radius 3 is 2.32 bits per heavy atom. The van der Waals surface area contributed by atoms with Gasteiger partial charge in [0.05, 0.1) is 12.7 Å². The lowest BCUT2D eigenvalue weighted by Gasteiger charge is -2.17. The van der Waals surface area contributed by atoms with E-state index < -0.39 is 23.3 Å². The second kappa shape index (κ2) is 5.77. The van der Waals surface area contributed by atoms with E-state index in [4.69, 9.17) is 0 Å². The van der Waals surface area contributed by atoms with Crippen LogP contribution in [-0.4, -0.2) is 19.3 Å². The summed E-state index contributed by atoms with van der Waals surface area (Å²) in [5, 5.41) is 0. The summed E-state index contributed by atoms with van der Waals surface area (Å²) in [6, 6.07) is 4.39. The summed E-state index contributed by atoms with van der Waals surface area (Å²) in [6.07, 6.45) is -4.63. The summed E-state index contributed by atoms with van der Waals surface area (Å²) in [5.41, 5.74) is -1.03. The van der Waals surface area contributed by atoms with Crippen LogP contribution in [0.1, 0.15) is 18.1 Å². The number of aryl methyl sites for hydroxylation is 1. The molecule has 0 unspecified atom stereocenters. The van der Waals surface area contributed by atoms with Gasteiger partial charge in [0, 0.05) is 10.0 Å². The number of alkyl halides is 3. The third-order valence-electron chi connectivity index (χ3n) is 2.61. The molecule has 0 bridgehead atoms. The number of allylic oxidation sites excluding steroid dienone is 1. The number of halogens is 4. The van der Waals surface area contributed by atoms with E-state index in [2.05, 4.69) is 20.7 Å². The minimum Gasteiger partial charge on any atom is -0.466 e. The van der Waals surface area contributed by atoms with Gasteiger partial charge in [-0.15, -0.1) is 0 Å². The molecule has 0 spiro atoms. The first kappa shape index (κ1) is 15.8. The topological polar surface area (TPSA) is 26.3 Å². The number of methoxy groups -OCH3 is 1. The Morgan fingerprint density at radius 2 is 1.89 bits per heavy atom. The van der Waals surface area contributed by atoms with Crippen molar-refractivity contribution in [2.24, 2.45) is 0 Å². The normalized spacial score (nSPS) is 13.0. The van der Waals surface area contributed by atoms with Gasteiger partial charge in [-0.25, -0.2) is 4.79 Å². The van der Waals surface area contributed by atoms with E-state index in [0.29, 0.717) is 10.0 Å². The van der Waals surface area contributed by atoms with Gasteiger partial charge in [-0.3, -0.25) is 0 Å². The highest BCUT2D eigenvalue weighted by molar-refractivity contribution is 9.10. The number of carbonyl (C=O) groups is 1. The highest BCUT2D eigenvalue weighted by Crippen LogP contribution is 2.38. The molecular weight excluding hydrogens is 325 g/mol. The number of esters is 1. The zero-order chi connectivity index (χ0) is 14.8. The van der Waals surface area contributed by atoms with Crippen LogP contribution in [0, 0.1) is 6.92 Å². The van der Waals surface area contributed by atoms with Crippen molar-refractivity contribution in [2.45, 2.75) is 20.0 Å². The molecule has 1 aromatic carbocycles. The van der Waals surface area contributed by atoms with Crippen LogP contribution in [0.4, 0.5) is 13.2 Å². The molecule has 19 heavy (non-hydrogen) atoms. The molecule has 0 amide bonds. The summed E-state index contributed by atoms with van der Waals surface area (Å²) in [4.78, 5) is 11.4. The predicted molar refractivity (Wildman–Crippen MR) is 69.5 cm³/mol. The van der Waals surface area contributed by atoms with E-state index in [0.717, 1.165) is 14.0 Å². The third kappa shape index (κ3) is 3.59. The van der Waals surface area contributed by atoms with Gasteiger partial charge < -0.3 is 4.74 Å². The Morgan fingerprint density at radius 1 is 1.32 bits per heavy atom. The van der Waals surface area contributed by atoms with Gasteiger partial charge in [-0.05, 0) is 37.1 Å². The molecule has 0 atom stereocenters. The fraction of sp³-hybridized carbons (Fsp3) is 0.308. The summed E-state index contributed by atoms with van der Waals surface area (Å²) < 4.78 is 44.5. The molecule has 0 heterocycles. The lowest BCUT2D eigenvalue weighted by molar-refractivity contribution is -0.136. The quantitative estimate of drug-likeness (QED) is 0.595. The van der Waals surface area contributed by atoms with Gasteiger partial charge in [0.25, 0.3) is 0 Å². The van der Waals surface area contributed by atoms with Crippen LogP contribution in [0.3, 0.4) is 0 Å². The molecule has 1 aromatic rings. The Labute approximate surface area is 117 Å². The lowest BCUT2D eigenvalue weighted by Crippen LogP contribution is -2.17. The van der Waals surface area contributed by atoms with Crippen molar-refractivity contribution < 1.29 is 22.7 Å². The fourth-order valence-electron chi connectivity index (χ4n) is 1.73. The van der Waals surface area contributed by atoms with E-state index in [-0.39, 0.29) is 5.56 Å². The summed E-state index contributed by atoms with van der Waals surface area (Å²) in [5.74, 6) is -0.991. The fourth-order valence-corrected chi connectivity index (χ4v) is 2.21. The van der Waals surface area contributed by atoms with Crippen molar-refractivity contribution in [1.82, 2.24) is 0 Å². The molecule has 0 aliphatic carbocycles. The zero-order valence-corrected chi connectivity index (χ0v) is 12.1. The number of carbonyl (C=O) groups excluding carboxylic acids is 1. The van der Waals surface area contributed by atoms with Crippen LogP contribution >= 0.6 is 15.9 Å².